The Morgan fingerprint density at radius 1 is 1.35 bits per heavy atom. The Hall–Kier alpha value is -2.78. The Balaban J connectivity index is 1.69. The van der Waals surface area contributed by atoms with Crippen LogP contribution in [0.4, 0.5) is 13.2 Å². The Kier molecular flexibility index (Phi) is 4.75. The van der Waals surface area contributed by atoms with E-state index in [1.807, 2.05) is 0 Å². The van der Waals surface area contributed by atoms with Crippen molar-refractivity contribution in [2.45, 2.75) is 18.6 Å². The number of hydrogen-bond acceptors (Lipinski definition) is 4. The number of halogens is 3. The van der Waals surface area contributed by atoms with Crippen LogP contribution in [0.25, 0.3) is 0 Å². The smallest absolute Gasteiger partial charge is 0.395 e. The van der Waals surface area contributed by atoms with Crippen molar-refractivity contribution in [2.24, 2.45) is 13.0 Å². The largest absolute Gasteiger partial charge is 0.459 e. The predicted octanol–water partition coefficient (Wildman–Crippen LogP) is 1.37. The van der Waals surface area contributed by atoms with E-state index in [4.69, 9.17) is 4.42 Å². The molecular formula is C16H17F3N4O3. The van der Waals surface area contributed by atoms with E-state index >= 15 is 0 Å². The first-order valence-corrected chi connectivity index (χ1v) is 7.91. The van der Waals surface area contributed by atoms with Gasteiger partial charge in [-0.15, -0.1) is 0 Å². The number of alkyl halides is 3. The van der Waals surface area contributed by atoms with Crippen LogP contribution in [0.2, 0.25) is 0 Å². The third-order valence-corrected chi connectivity index (χ3v) is 4.22. The van der Waals surface area contributed by atoms with Crippen LogP contribution in [-0.4, -0.2) is 51.8 Å². The average Bonchev–Trinajstić information content (AvgIpc) is 3.26. The Labute approximate surface area is 146 Å². The summed E-state index contributed by atoms with van der Waals surface area (Å²) in [5, 5.41) is 6.42. The SMILES string of the molecule is Cn1ccc(CC(=O)N[C@@H]2CN(C(=O)c3ccco3)C[C@H]2C(F)(F)F)n1. The number of nitrogens with one attached hydrogen (secondary N) is 1. The molecule has 0 saturated carbocycles. The highest BCUT2D eigenvalue weighted by Crippen LogP contribution is 2.34. The number of hydrogen-bond donors (Lipinski definition) is 1. The molecule has 0 bridgehead atoms. The molecule has 2 aromatic rings. The lowest BCUT2D eigenvalue weighted by Gasteiger charge is -2.21. The number of aryl methyl sites for hydroxylation is 1. The molecule has 0 spiro atoms. The number of carbonyl (C=O) groups is 2. The molecule has 2 atom stereocenters. The number of nitrogens with zero attached hydrogens (tertiary/aromatic N) is 3. The summed E-state index contributed by atoms with van der Waals surface area (Å²) in [6.07, 6.45) is -1.76. The molecule has 0 unspecified atom stereocenters. The summed E-state index contributed by atoms with van der Waals surface area (Å²) in [6.45, 7) is -0.769. The number of furan rings is 1. The normalized spacial score (nSPS) is 20.4. The minimum Gasteiger partial charge on any atom is -0.459 e. The molecule has 26 heavy (non-hydrogen) atoms. The summed E-state index contributed by atoms with van der Waals surface area (Å²) in [5.41, 5.74) is 0.454. The molecule has 7 nitrogen and oxygen atoms in total. The van der Waals surface area contributed by atoms with E-state index in [1.54, 1.807) is 19.3 Å². The van der Waals surface area contributed by atoms with Gasteiger partial charge in [0.25, 0.3) is 5.91 Å². The predicted molar refractivity (Wildman–Crippen MR) is 83.0 cm³/mol. The maximum Gasteiger partial charge on any atom is 0.395 e. The van der Waals surface area contributed by atoms with Crippen LogP contribution >= 0.6 is 0 Å². The highest BCUT2D eigenvalue weighted by molar-refractivity contribution is 5.91. The van der Waals surface area contributed by atoms with Gasteiger partial charge in [-0.1, -0.05) is 0 Å². The van der Waals surface area contributed by atoms with Crippen molar-refractivity contribution >= 4 is 11.8 Å². The summed E-state index contributed by atoms with van der Waals surface area (Å²) in [4.78, 5) is 25.4. The van der Waals surface area contributed by atoms with Crippen LogP contribution in [0.15, 0.2) is 35.1 Å². The molecule has 0 aliphatic carbocycles. The van der Waals surface area contributed by atoms with Gasteiger partial charge in [0.2, 0.25) is 5.91 Å². The Morgan fingerprint density at radius 3 is 2.69 bits per heavy atom. The standard InChI is InChI=1S/C16H17F3N4O3/c1-22-5-4-10(21-22)7-14(24)20-12-9-23(8-11(12)16(17,18)19)15(25)13-3-2-6-26-13/h2-6,11-12H,7-9H2,1H3,(H,20,24)/t11-,12-/m1/s1. The third-order valence-electron chi connectivity index (χ3n) is 4.22. The lowest BCUT2D eigenvalue weighted by atomic mass is 10.0. The van der Waals surface area contributed by atoms with Gasteiger partial charge in [-0.2, -0.15) is 18.3 Å². The van der Waals surface area contributed by atoms with E-state index in [-0.39, 0.29) is 18.7 Å². The third kappa shape index (κ3) is 3.89. The second-order valence-corrected chi connectivity index (χ2v) is 6.17. The summed E-state index contributed by atoms with van der Waals surface area (Å²) in [6, 6.07) is 3.27. The van der Waals surface area contributed by atoms with Gasteiger partial charge in [0.15, 0.2) is 5.76 Å². The van der Waals surface area contributed by atoms with E-state index in [2.05, 4.69) is 10.4 Å². The molecule has 1 N–H and O–H groups in total. The summed E-state index contributed by atoms with van der Waals surface area (Å²) < 4.78 is 46.5. The van der Waals surface area contributed by atoms with Crippen molar-refractivity contribution in [2.75, 3.05) is 13.1 Å². The maximum absolute atomic E-state index is 13.3. The first-order chi connectivity index (χ1) is 12.2. The fourth-order valence-corrected chi connectivity index (χ4v) is 2.98. The lowest BCUT2D eigenvalue weighted by molar-refractivity contribution is -0.175. The molecule has 1 fully saturated rings. The number of likely N-dealkylation sites (tertiary alicyclic amines) is 1. The molecular weight excluding hydrogens is 353 g/mol. The van der Waals surface area contributed by atoms with E-state index in [9.17, 15) is 22.8 Å². The quantitative estimate of drug-likeness (QED) is 0.882. The molecule has 10 heteroatoms. The average molecular weight is 370 g/mol. The van der Waals surface area contributed by atoms with Crippen LogP contribution in [0.5, 0.6) is 0 Å². The van der Waals surface area contributed by atoms with Crippen molar-refractivity contribution in [1.82, 2.24) is 20.0 Å². The molecule has 3 rings (SSSR count). The van der Waals surface area contributed by atoms with Gasteiger partial charge in [-0.25, -0.2) is 0 Å². The van der Waals surface area contributed by atoms with Crippen LogP contribution in [0.3, 0.4) is 0 Å². The van der Waals surface area contributed by atoms with Crippen molar-refractivity contribution in [3.63, 3.8) is 0 Å². The maximum atomic E-state index is 13.3. The monoisotopic (exact) mass is 370 g/mol. The molecule has 2 amide bonds. The van der Waals surface area contributed by atoms with Crippen LogP contribution in [-0.2, 0) is 18.3 Å². The number of rotatable bonds is 4. The topological polar surface area (TPSA) is 80.4 Å². The van der Waals surface area contributed by atoms with Gasteiger partial charge < -0.3 is 14.6 Å². The van der Waals surface area contributed by atoms with Gasteiger partial charge in [0.1, 0.15) is 0 Å². The fraction of sp³-hybridized carbons (Fsp3) is 0.438. The molecule has 2 aromatic heterocycles. The minimum absolute atomic E-state index is 0.0358. The van der Waals surface area contributed by atoms with E-state index in [1.165, 1.54) is 23.1 Å². The number of carbonyl (C=O) groups excluding carboxylic acids is 2. The molecule has 0 aromatic carbocycles. The molecule has 0 radical (unpaired) electrons. The van der Waals surface area contributed by atoms with Gasteiger partial charge >= 0.3 is 6.18 Å². The molecule has 1 aliphatic heterocycles. The summed E-state index contributed by atoms with van der Waals surface area (Å²) in [5.74, 6) is -3.08. The summed E-state index contributed by atoms with van der Waals surface area (Å²) in [7, 11) is 1.68. The number of aromatic nitrogens is 2. The van der Waals surface area contributed by atoms with Crippen LogP contribution in [0, 0.1) is 5.92 Å². The second-order valence-electron chi connectivity index (χ2n) is 6.17. The first kappa shape index (κ1) is 18.0. The highest BCUT2D eigenvalue weighted by atomic mass is 19.4. The van der Waals surface area contributed by atoms with Crippen LogP contribution < -0.4 is 5.32 Å². The fourth-order valence-electron chi connectivity index (χ4n) is 2.98. The van der Waals surface area contributed by atoms with E-state index < -0.39 is 36.5 Å². The zero-order valence-electron chi connectivity index (χ0n) is 13.9. The number of amides is 2. The zero-order chi connectivity index (χ0) is 18.9. The molecule has 1 saturated heterocycles. The first-order valence-electron chi connectivity index (χ1n) is 7.91. The molecule has 140 valence electrons. The Bertz CT molecular complexity index is 785. The van der Waals surface area contributed by atoms with E-state index in [0.29, 0.717) is 5.69 Å². The van der Waals surface area contributed by atoms with Gasteiger partial charge in [0.05, 0.1) is 30.3 Å². The van der Waals surface area contributed by atoms with Crippen molar-refractivity contribution < 1.29 is 27.2 Å². The van der Waals surface area contributed by atoms with Gasteiger partial charge in [-0.3, -0.25) is 14.3 Å². The highest BCUT2D eigenvalue weighted by Gasteiger charge is 2.51. The molecule has 3 heterocycles. The minimum atomic E-state index is -4.54. The van der Waals surface area contributed by atoms with Crippen molar-refractivity contribution in [3.05, 3.63) is 42.1 Å². The van der Waals surface area contributed by atoms with E-state index in [0.717, 1.165) is 4.90 Å². The van der Waals surface area contributed by atoms with Crippen LogP contribution in [0.1, 0.15) is 16.2 Å². The van der Waals surface area contributed by atoms with Gasteiger partial charge in [0, 0.05) is 26.3 Å². The van der Waals surface area contributed by atoms with Crippen molar-refractivity contribution in [3.8, 4) is 0 Å². The zero-order valence-corrected chi connectivity index (χ0v) is 13.9. The summed E-state index contributed by atoms with van der Waals surface area (Å²) >= 11 is 0. The molecule has 1 aliphatic rings. The van der Waals surface area contributed by atoms with Gasteiger partial charge in [-0.05, 0) is 18.2 Å². The van der Waals surface area contributed by atoms with Crippen molar-refractivity contribution in [1.29, 1.82) is 0 Å². The Morgan fingerprint density at radius 2 is 2.12 bits per heavy atom. The lowest BCUT2D eigenvalue weighted by Crippen LogP contribution is -2.46. The second kappa shape index (κ2) is 6.85.